The zero-order chi connectivity index (χ0) is 15.1. The van der Waals surface area contributed by atoms with E-state index >= 15 is 0 Å². The predicted octanol–water partition coefficient (Wildman–Crippen LogP) is 2.61. The van der Waals surface area contributed by atoms with Crippen LogP contribution in [0.15, 0.2) is 42.6 Å². The number of aromatic amines is 1. The van der Waals surface area contributed by atoms with Gasteiger partial charge in [-0.1, -0.05) is 18.2 Å². The van der Waals surface area contributed by atoms with Gasteiger partial charge in [0.05, 0.1) is 0 Å². The number of carbonyl (C=O) groups is 2. The van der Waals surface area contributed by atoms with Crippen LogP contribution in [-0.4, -0.2) is 23.6 Å². The van der Waals surface area contributed by atoms with E-state index in [0.29, 0.717) is 6.54 Å². The largest absolute Gasteiger partial charge is 0.390 e. The Hall–Kier alpha value is -2.62. The van der Waals surface area contributed by atoms with Crippen molar-refractivity contribution in [3.8, 4) is 0 Å². The molecule has 1 aromatic heterocycles. The zero-order valence-electron chi connectivity index (χ0n) is 11.9. The number of rotatable bonds is 7. The molecule has 0 aliphatic carbocycles. The van der Waals surface area contributed by atoms with E-state index < -0.39 is 0 Å². The van der Waals surface area contributed by atoms with Gasteiger partial charge in [0.1, 0.15) is 6.29 Å². The number of hydrogen-bond donors (Lipinski definition) is 2. The smallest absolute Gasteiger partial charge is 0.154 e. The number of benzene rings is 1. The molecule has 0 atom stereocenters. The summed E-state index contributed by atoms with van der Waals surface area (Å²) in [5, 5.41) is 4.25. The molecule has 1 heterocycles. The summed E-state index contributed by atoms with van der Waals surface area (Å²) in [5.74, 6) is 0.0178. The first kappa shape index (κ1) is 14.8. The molecule has 0 aliphatic rings. The maximum Gasteiger partial charge on any atom is 0.154 e. The Morgan fingerprint density at radius 2 is 2.14 bits per heavy atom. The summed E-state index contributed by atoms with van der Waals surface area (Å²) in [6, 6.07) is 8.05. The third-order valence-corrected chi connectivity index (χ3v) is 3.14. The van der Waals surface area contributed by atoms with Crippen LogP contribution >= 0.6 is 0 Å². The highest BCUT2D eigenvalue weighted by molar-refractivity contribution is 5.88. The minimum Gasteiger partial charge on any atom is -0.390 e. The molecule has 21 heavy (non-hydrogen) atoms. The van der Waals surface area contributed by atoms with Crippen molar-refractivity contribution in [1.82, 2.24) is 10.3 Å². The van der Waals surface area contributed by atoms with Crippen molar-refractivity contribution in [2.24, 2.45) is 0 Å². The van der Waals surface area contributed by atoms with E-state index in [9.17, 15) is 9.59 Å². The summed E-state index contributed by atoms with van der Waals surface area (Å²) in [4.78, 5) is 24.6. The lowest BCUT2D eigenvalue weighted by molar-refractivity contribution is -0.112. The van der Waals surface area contributed by atoms with E-state index in [2.05, 4.69) is 16.4 Å². The van der Waals surface area contributed by atoms with Crippen molar-refractivity contribution in [3.05, 3.63) is 53.9 Å². The number of fused-ring (bicyclic) bond motifs is 1. The highest BCUT2D eigenvalue weighted by atomic mass is 16.1. The van der Waals surface area contributed by atoms with Crippen LogP contribution in [0.2, 0.25) is 0 Å². The molecule has 0 saturated heterocycles. The molecule has 1 aromatic carbocycles. The number of nitrogens with one attached hydrogen (secondary N) is 2. The van der Waals surface area contributed by atoms with E-state index in [-0.39, 0.29) is 5.78 Å². The number of para-hydroxylation sites is 1. The number of H-pyrrole nitrogens is 1. The maximum absolute atomic E-state index is 10.8. The highest BCUT2D eigenvalue weighted by Gasteiger charge is 2.08. The first-order valence-corrected chi connectivity index (χ1v) is 6.84. The van der Waals surface area contributed by atoms with Crippen LogP contribution in [0.4, 0.5) is 0 Å². The lowest BCUT2D eigenvalue weighted by Crippen LogP contribution is -2.10. The SMILES string of the molecule is CC(=O)/C=C\NCCc1c(/C=C/C=O)[nH]c2ccccc12. The van der Waals surface area contributed by atoms with Crippen LogP contribution in [0.5, 0.6) is 0 Å². The van der Waals surface area contributed by atoms with E-state index in [1.165, 1.54) is 19.1 Å². The molecule has 108 valence electrons. The summed E-state index contributed by atoms with van der Waals surface area (Å²) in [7, 11) is 0. The molecular weight excluding hydrogens is 264 g/mol. The van der Waals surface area contributed by atoms with Gasteiger partial charge in [0.2, 0.25) is 0 Å². The van der Waals surface area contributed by atoms with Crippen molar-refractivity contribution in [3.63, 3.8) is 0 Å². The number of aromatic nitrogens is 1. The van der Waals surface area contributed by atoms with Gasteiger partial charge in [-0.2, -0.15) is 0 Å². The lowest BCUT2D eigenvalue weighted by Gasteiger charge is -2.02. The molecule has 0 fully saturated rings. The Morgan fingerprint density at radius 1 is 1.33 bits per heavy atom. The Balaban J connectivity index is 2.17. The molecule has 0 amide bonds. The Bertz CT molecular complexity index is 696. The fourth-order valence-corrected chi connectivity index (χ4v) is 2.22. The Morgan fingerprint density at radius 3 is 2.90 bits per heavy atom. The first-order valence-electron chi connectivity index (χ1n) is 6.84. The molecule has 2 rings (SSSR count). The standard InChI is InChI=1S/C17H18N2O2/c1-13(21)8-10-18-11-9-15-14-5-2-3-6-16(14)19-17(15)7-4-12-20/h2-8,10,12,18-19H,9,11H2,1H3/b7-4+,10-8-. The second kappa shape index (κ2) is 7.24. The van der Waals surface area contributed by atoms with Crippen LogP contribution in [-0.2, 0) is 16.0 Å². The second-order valence-corrected chi connectivity index (χ2v) is 4.71. The topological polar surface area (TPSA) is 62.0 Å². The van der Waals surface area contributed by atoms with Crippen LogP contribution in [0.3, 0.4) is 0 Å². The van der Waals surface area contributed by atoms with Gasteiger partial charge in [0, 0.05) is 23.1 Å². The molecule has 0 spiro atoms. The summed E-state index contributed by atoms with van der Waals surface area (Å²) in [6.45, 7) is 2.23. The van der Waals surface area contributed by atoms with Gasteiger partial charge in [-0.05, 0) is 49.4 Å². The Labute approximate surface area is 123 Å². The van der Waals surface area contributed by atoms with E-state index in [0.717, 1.165) is 34.9 Å². The number of allylic oxidation sites excluding steroid dienone is 2. The summed E-state index contributed by atoms with van der Waals surface area (Å²) in [6.07, 6.45) is 8.00. The fourth-order valence-electron chi connectivity index (χ4n) is 2.22. The number of ketones is 1. The minimum absolute atomic E-state index is 0.0178. The molecule has 0 bridgehead atoms. The molecule has 2 N–H and O–H groups in total. The lowest BCUT2D eigenvalue weighted by atomic mass is 10.1. The van der Waals surface area contributed by atoms with E-state index in [4.69, 9.17) is 0 Å². The quantitative estimate of drug-likeness (QED) is 0.466. The van der Waals surface area contributed by atoms with Crippen molar-refractivity contribution >= 4 is 29.0 Å². The van der Waals surface area contributed by atoms with Crippen molar-refractivity contribution in [2.75, 3.05) is 6.54 Å². The van der Waals surface area contributed by atoms with Crippen molar-refractivity contribution in [1.29, 1.82) is 0 Å². The minimum atomic E-state index is 0.0178. The molecule has 0 aliphatic heterocycles. The Kier molecular flexibility index (Phi) is 5.10. The fraction of sp³-hybridized carbons (Fsp3) is 0.176. The third kappa shape index (κ3) is 3.92. The van der Waals surface area contributed by atoms with Gasteiger partial charge in [0.25, 0.3) is 0 Å². The molecule has 0 unspecified atom stereocenters. The van der Waals surface area contributed by atoms with Crippen molar-refractivity contribution < 1.29 is 9.59 Å². The first-order chi connectivity index (χ1) is 10.2. The van der Waals surface area contributed by atoms with Gasteiger partial charge < -0.3 is 10.3 Å². The average Bonchev–Trinajstić information content (AvgIpc) is 2.82. The summed E-state index contributed by atoms with van der Waals surface area (Å²) >= 11 is 0. The van der Waals surface area contributed by atoms with Crippen LogP contribution in [0.1, 0.15) is 18.2 Å². The molecule has 0 saturated carbocycles. The van der Waals surface area contributed by atoms with Gasteiger partial charge in [-0.15, -0.1) is 0 Å². The molecular formula is C17H18N2O2. The monoisotopic (exact) mass is 282 g/mol. The van der Waals surface area contributed by atoms with Gasteiger partial charge in [-0.25, -0.2) is 0 Å². The molecule has 0 radical (unpaired) electrons. The number of hydrogen-bond acceptors (Lipinski definition) is 3. The van der Waals surface area contributed by atoms with Gasteiger partial charge in [-0.3, -0.25) is 9.59 Å². The normalized spacial score (nSPS) is 11.5. The van der Waals surface area contributed by atoms with E-state index in [1.807, 2.05) is 18.2 Å². The van der Waals surface area contributed by atoms with Crippen LogP contribution < -0.4 is 5.32 Å². The molecule has 4 nitrogen and oxygen atoms in total. The van der Waals surface area contributed by atoms with Crippen LogP contribution in [0.25, 0.3) is 17.0 Å². The van der Waals surface area contributed by atoms with Gasteiger partial charge >= 0.3 is 0 Å². The van der Waals surface area contributed by atoms with E-state index in [1.54, 1.807) is 12.3 Å². The average molecular weight is 282 g/mol. The number of carbonyl (C=O) groups excluding carboxylic acids is 2. The number of aldehydes is 1. The summed E-state index contributed by atoms with van der Waals surface area (Å²) in [5.41, 5.74) is 3.16. The van der Waals surface area contributed by atoms with Crippen molar-refractivity contribution in [2.45, 2.75) is 13.3 Å². The highest BCUT2D eigenvalue weighted by Crippen LogP contribution is 2.23. The summed E-state index contributed by atoms with van der Waals surface area (Å²) < 4.78 is 0. The molecule has 2 aromatic rings. The second-order valence-electron chi connectivity index (χ2n) is 4.71. The van der Waals surface area contributed by atoms with Gasteiger partial charge in [0.15, 0.2) is 5.78 Å². The maximum atomic E-state index is 10.8. The predicted molar refractivity (Wildman–Crippen MR) is 84.9 cm³/mol. The zero-order valence-corrected chi connectivity index (χ0v) is 11.9. The molecule has 4 heteroatoms. The third-order valence-electron chi connectivity index (χ3n) is 3.14. The van der Waals surface area contributed by atoms with Crippen LogP contribution in [0, 0.1) is 0 Å².